The van der Waals surface area contributed by atoms with Gasteiger partial charge in [-0.25, -0.2) is 4.79 Å². The highest BCUT2D eigenvalue weighted by Crippen LogP contribution is 2.58. The Balaban J connectivity index is 1.68. The van der Waals surface area contributed by atoms with E-state index >= 15 is 0 Å². The van der Waals surface area contributed by atoms with E-state index in [1.165, 1.54) is 6.20 Å². The summed E-state index contributed by atoms with van der Waals surface area (Å²) in [6.07, 6.45) is 5.66. The van der Waals surface area contributed by atoms with Gasteiger partial charge in [0, 0.05) is 42.4 Å². The van der Waals surface area contributed by atoms with Crippen LogP contribution in [0.5, 0.6) is 0 Å². The normalized spacial score (nSPS) is 25.6. The zero-order chi connectivity index (χ0) is 19.8. The molecule has 1 aromatic heterocycles. The summed E-state index contributed by atoms with van der Waals surface area (Å²) >= 11 is 0. The van der Waals surface area contributed by atoms with Crippen LogP contribution < -0.4 is 16.1 Å². The van der Waals surface area contributed by atoms with E-state index in [-0.39, 0.29) is 17.0 Å². The van der Waals surface area contributed by atoms with Crippen molar-refractivity contribution in [3.63, 3.8) is 0 Å². The molecule has 2 aromatic rings. The van der Waals surface area contributed by atoms with Crippen LogP contribution in [-0.4, -0.2) is 41.6 Å². The molecule has 28 heavy (non-hydrogen) atoms. The lowest BCUT2D eigenvalue weighted by molar-refractivity contribution is -0.0334. The molecular formula is C21H25N3O4. The summed E-state index contributed by atoms with van der Waals surface area (Å²) in [6, 6.07) is 3.96. The minimum Gasteiger partial charge on any atom is -0.477 e. The number of ether oxygens (including phenoxy) is 1. The standard InChI is InChI=1S/C21H25N3O4/c1-12-16(23-10-20(7-8-20)21(22,11-23)28-2)6-5-14-17(12)24(13-3-4-13)9-15(18(14)25)19(26)27/h5-6,9,13H,3-4,7-8,10-11,22H2,1-2H3,(H,26,27)/t21-/m1/s1. The first-order chi connectivity index (χ1) is 13.3. The summed E-state index contributed by atoms with van der Waals surface area (Å²) in [6.45, 7) is 3.46. The van der Waals surface area contributed by atoms with Gasteiger partial charge in [-0.1, -0.05) is 0 Å². The number of hydrogen-bond acceptors (Lipinski definition) is 5. The van der Waals surface area contributed by atoms with Crippen LogP contribution in [-0.2, 0) is 4.74 Å². The molecule has 2 aliphatic carbocycles. The molecule has 0 amide bonds. The van der Waals surface area contributed by atoms with E-state index in [2.05, 4.69) is 4.90 Å². The summed E-state index contributed by atoms with van der Waals surface area (Å²) in [5.74, 6) is -1.17. The minimum absolute atomic E-state index is 0.00642. The first-order valence-corrected chi connectivity index (χ1v) is 9.81. The van der Waals surface area contributed by atoms with Crippen molar-refractivity contribution in [2.24, 2.45) is 11.1 Å². The Bertz CT molecular complexity index is 1070. The Kier molecular flexibility index (Phi) is 3.53. The summed E-state index contributed by atoms with van der Waals surface area (Å²) in [5.41, 5.74) is 8.22. The molecule has 3 fully saturated rings. The van der Waals surface area contributed by atoms with Gasteiger partial charge in [0.25, 0.3) is 0 Å². The Morgan fingerprint density at radius 3 is 2.54 bits per heavy atom. The van der Waals surface area contributed by atoms with Gasteiger partial charge in [-0.15, -0.1) is 0 Å². The van der Waals surface area contributed by atoms with E-state index in [1.807, 2.05) is 17.6 Å². The van der Waals surface area contributed by atoms with E-state index in [9.17, 15) is 14.7 Å². The van der Waals surface area contributed by atoms with Crippen molar-refractivity contribution < 1.29 is 14.6 Å². The lowest BCUT2D eigenvalue weighted by atomic mass is 9.97. The van der Waals surface area contributed by atoms with Crippen molar-refractivity contribution in [2.45, 2.75) is 44.4 Å². The molecule has 1 aliphatic heterocycles. The second-order valence-corrected chi connectivity index (χ2v) is 8.65. The second-order valence-electron chi connectivity index (χ2n) is 8.65. The number of benzene rings is 1. The number of carbonyl (C=O) groups is 1. The van der Waals surface area contributed by atoms with Gasteiger partial charge in [0.05, 0.1) is 12.1 Å². The van der Waals surface area contributed by atoms with Gasteiger partial charge in [-0.3, -0.25) is 4.79 Å². The number of pyridine rings is 1. The summed E-state index contributed by atoms with van der Waals surface area (Å²) in [5, 5.41) is 9.92. The zero-order valence-electron chi connectivity index (χ0n) is 16.2. The highest BCUT2D eigenvalue weighted by molar-refractivity contribution is 5.95. The fourth-order valence-corrected chi connectivity index (χ4v) is 4.94. The number of nitrogens with zero attached hydrogens (tertiary/aromatic N) is 2. The predicted octanol–water partition coefficient (Wildman–Crippen LogP) is 2.24. The average molecular weight is 383 g/mol. The third-order valence-electron chi connectivity index (χ3n) is 6.96. The summed E-state index contributed by atoms with van der Waals surface area (Å²) in [4.78, 5) is 26.6. The largest absolute Gasteiger partial charge is 0.477 e. The van der Waals surface area contributed by atoms with Crippen molar-refractivity contribution in [3.05, 3.63) is 39.7 Å². The number of rotatable bonds is 4. The van der Waals surface area contributed by atoms with E-state index in [0.717, 1.165) is 49.0 Å². The van der Waals surface area contributed by atoms with E-state index in [0.29, 0.717) is 11.9 Å². The maximum Gasteiger partial charge on any atom is 0.341 e. The van der Waals surface area contributed by atoms with E-state index in [4.69, 9.17) is 10.5 Å². The summed E-state index contributed by atoms with van der Waals surface area (Å²) < 4.78 is 7.70. The molecular weight excluding hydrogens is 358 g/mol. The maximum absolute atomic E-state index is 12.8. The third-order valence-corrected chi connectivity index (χ3v) is 6.96. The number of anilines is 1. The fourth-order valence-electron chi connectivity index (χ4n) is 4.94. The number of hydrogen-bond donors (Lipinski definition) is 2. The van der Waals surface area contributed by atoms with Gasteiger partial charge in [-0.2, -0.15) is 0 Å². The average Bonchev–Trinajstić information content (AvgIpc) is 3.56. The van der Waals surface area contributed by atoms with Crippen molar-refractivity contribution in [3.8, 4) is 0 Å². The molecule has 1 aromatic carbocycles. The van der Waals surface area contributed by atoms with Gasteiger partial charge < -0.3 is 25.0 Å². The zero-order valence-corrected chi connectivity index (χ0v) is 16.2. The number of aryl methyl sites for hydroxylation is 1. The van der Waals surface area contributed by atoms with Crippen molar-refractivity contribution >= 4 is 22.6 Å². The van der Waals surface area contributed by atoms with Crippen LogP contribution in [0.4, 0.5) is 5.69 Å². The first kappa shape index (κ1) is 17.7. The van der Waals surface area contributed by atoms with Gasteiger partial charge in [0.1, 0.15) is 11.3 Å². The quantitative estimate of drug-likeness (QED) is 0.786. The molecule has 1 saturated heterocycles. The number of aromatic carboxylic acids is 1. The minimum atomic E-state index is -1.17. The Hall–Kier alpha value is -2.38. The van der Waals surface area contributed by atoms with Crippen molar-refractivity contribution in [2.75, 3.05) is 25.1 Å². The van der Waals surface area contributed by atoms with Crippen LogP contribution in [0.2, 0.25) is 0 Å². The second kappa shape index (κ2) is 5.58. The van der Waals surface area contributed by atoms with Crippen LogP contribution in [0.15, 0.2) is 23.1 Å². The molecule has 0 bridgehead atoms. The van der Waals surface area contributed by atoms with Gasteiger partial charge in [0.2, 0.25) is 5.43 Å². The third kappa shape index (κ3) is 2.29. The fraction of sp³-hybridized carbons (Fsp3) is 0.524. The van der Waals surface area contributed by atoms with Crippen LogP contribution in [0.25, 0.3) is 10.9 Å². The van der Waals surface area contributed by atoms with Gasteiger partial charge in [-0.05, 0) is 50.3 Å². The maximum atomic E-state index is 12.8. The number of carboxylic acid groups (broad SMARTS) is 1. The number of methoxy groups -OCH3 is 1. The highest BCUT2D eigenvalue weighted by atomic mass is 16.5. The lowest BCUT2D eigenvalue weighted by Gasteiger charge is -2.28. The van der Waals surface area contributed by atoms with E-state index < -0.39 is 17.1 Å². The first-order valence-electron chi connectivity index (χ1n) is 9.81. The number of aromatic nitrogens is 1. The van der Waals surface area contributed by atoms with Crippen molar-refractivity contribution in [1.29, 1.82) is 0 Å². The molecule has 5 rings (SSSR count). The molecule has 7 heteroatoms. The Labute approximate surface area is 162 Å². The van der Waals surface area contributed by atoms with Gasteiger partial charge in [0.15, 0.2) is 0 Å². The van der Waals surface area contributed by atoms with Crippen LogP contribution in [0, 0.1) is 12.3 Å². The summed E-state index contributed by atoms with van der Waals surface area (Å²) in [7, 11) is 1.68. The number of nitrogens with two attached hydrogens (primary N) is 1. The molecule has 0 unspecified atom stereocenters. The molecule has 1 spiro atoms. The monoisotopic (exact) mass is 383 g/mol. The SMILES string of the molecule is CO[C@]1(N)CN(c2ccc3c(=O)c(C(=O)O)cn(C4CC4)c3c2C)CC12CC2. The molecule has 3 N–H and O–H groups in total. The molecule has 2 saturated carbocycles. The molecule has 148 valence electrons. The van der Waals surface area contributed by atoms with Crippen LogP contribution >= 0.6 is 0 Å². The lowest BCUT2D eigenvalue weighted by Crippen LogP contribution is -2.50. The molecule has 0 radical (unpaired) electrons. The topological polar surface area (TPSA) is 97.8 Å². The van der Waals surface area contributed by atoms with Gasteiger partial charge >= 0.3 is 5.97 Å². The molecule has 7 nitrogen and oxygen atoms in total. The number of carboxylic acids is 1. The van der Waals surface area contributed by atoms with Crippen LogP contribution in [0.1, 0.15) is 47.6 Å². The van der Waals surface area contributed by atoms with Crippen molar-refractivity contribution in [1.82, 2.24) is 4.57 Å². The smallest absolute Gasteiger partial charge is 0.341 e. The molecule has 1 atom stereocenters. The highest BCUT2D eigenvalue weighted by Gasteiger charge is 2.63. The van der Waals surface area contributed by atoms with E-state index in [1.54, 1.807) is 13.2 Å². The Morgan fingerprint density at radius 1 is 1.29 bits per heavy atom. The number of fused-ring (bicyclic) bond motifs is 1. The molecule has 3 aliphatic rings. The van der Waals surface area contributed by atoms with Crippen LogP contribution in [0.3, 0.4) is 0 Å². The Morgan fingerprint density at radius 2 is 2.00 bits per heavy atom. The predicted molar refractivity (Wildman–Crippen MR) is 106 cm³/mol. The molecule has 2 heterocycles.